The Morgan fingerprint density at radius 2 is 0.750 bits per heavy atom. The van der Waals surface area contributed by atoms with Crippen LogP contribution in [0.4, 0.5) is 0 Å². The molecule has 2 aliphatic rings. The standard InChI is InChI=1S/C10H8.2Na/c1-2-6-9(5-1)10-7-3-4-8-10;;/h1-8H;;/q;2*+1. The number of hydrogen-bond donors (Lipinski definition) is 0. The van der Waals surface area contributed by atoms with Crippen molar-refractivity contribution in [1.82, 2.24) is 0 Å². The van der Waals surface area contributed by atoms with Crippen LogP contribution in [-0.2, 0) is 0 Å². The summed E-state index contributed by atoms with van der Waals surface area (Å²) in [5, 5.41) is 0. The van der Waals surface area contributed by atoms with Crippen molar-refractivity contribution in [3.05, 3.63) is 63.2 Å². The van der Waals surface area contributed by atoms with Gasteiger partial charge in [0.05, 0.1) is 0 Å². The summed E-state index contributed by atoms with van der Waals surface area (Å²) in [5.74, 6) is 2.62. The van der Waals surface area contributed by atoms with E-state index in [0.29, 0.717) is 0 Å². The third-order valence-electron chi connectivity index (χ3n) is 1.66. The minimum atomic E-state index is 0. The third kappa shape index (κ3) is 3.63. The van der Waals surface area contributed by atoms with Crippen molar-refractivity contribution in [2.75, 3.05) is 0 Å². The first-order valence-corrected chi connectivity index (χ1v) is 3.40. The monoisotopic (exact) mass is 174 g/mol. The second kappa shape index (κ2) is 7.31. The number of hydrogen-bond acceptors (Lipinski definition) is 0. The summed E-state index contributed by atoms with van der Waals surface area (Å²) < 4.78 is 0. The molecule has 0 bridgehead atoms. The van der Waals surface area contributed by atoms with Gasteiger partial charge in [-0.1, -0.05) is 0 Å². The Hall–Kier alpha value is 2.00. The van der Waals surface area contributed by atoms with E-state index < -0.39 is 0 Å². The van der Waals surface area contributed by atoms with E-state index in [4.69, 9.17) is 0 Å². The molecule has 48 valence electrons. The molecule has 0 N–H and O–H groups in total. The predicted molar refractivity (Wildman–Crippen MR) is 40.9 cm³/mol. The van der Waals surface area contributed by atoms with Crippen LogP contribution in [0.25, 0.3) is 0 Å². The molecule has 0 aliphatic heterocycles. The van der Waals surface area contributed by atoms with Crippen LogP contribution < -0.4 is 59.1 Å². The van der Waals surface area contributed by atoms with E-state index in [2.05, 4.69) is 51.4 Å². The molecule has 0 aromatic rings. The van der Waals surface area contributed by atoms with E-state index in [1.165, 1.54) is 11.8 Å². The fourth-order valence-corrected chi connectivity index (χ4v) is 1.13. The zero-order chi connectivity index (χ0) is 6.81. The maximum atomic E-state index is 2.12. The SMILES string of the molecule is [CH]1[CH][CH][C]([C]2[CH][CH][CH][CH]2)[CH]1.[Na+].[Na+]. The molecule has 0 spiro atoms. The van der Waals surface area contributed by atoms with E-state index in [1.54, 1.807) is 0 Å². The van der Waals surface area contributed by atoms with Crippen molar-refractivity contribution < 1.29 is 59.1 Å². The van der Waals surface area contributed by atoms with Crippen molar-refractivity contribution in [3.63, 3.8) is 0 Å². The zero-order valence-electron chi connectivity index (χ0n) is 7.62. The van der Waals surface area contributed by atoms with Crippen LogP contribution >= 0.6 is 0 Å². The van der Waals surface area contributed by atoms with Crippen LogP contribution in [-0.4, -0.2) is 0 Å². The Morgan fingerprint density at radius 1 is 0.500 bits per heavy atom. The molecular weight excluding hydrogens is 166 g/mol. The minimum Gasteiger partial charge on any atom is -0.0309 e. The van der Waals surface area contributed by atoms with Crippen molar-refractivity contribution in [2.24, 2.45) is 0 Å². The molecule has 0 unspecified atom stereocenters. The van der Waals surface area contributed by atoms with E-state index >= 15 is 0 Å². The van der Waals surface area contributed by atoms with Crippen LogP contribution in [0.15, 0.2) is 0 Å². The predicted octanol–water partition coefficient (Wildman–Crippen LogP) is -4.20. The van der Waals surface area contributed by atoms with Crippen LogP contribution in [0.3, 0.4) is 0 Å². The van der Waals surface area contributed by atoms with Gasteiger partial charge >= 0.3 is 59.1 Å². The Bertz CT molecular complexity index is 88.4. The summed E-state index contributed by atoms with van der Waals surface area (Å²) in [4.78, 5) is 0. The van der Waals surface area contributed by atoms with Crippen molar-refractivity contribution >= 4 is 0 Å². The second-order valence-electron chi connectivity index (χ2n) is 2.35. The van der Waals surface area contributed by atoms with Crippen molar-refractivity contribution in [1.29, 1.82) is 0 Å². The minimum absolute atomic E-state index is 0. The quantitative estimate of drug-likeness (QED) is 0.354. The first-order chi connectivity index (χ1) is 4.97. The molecule has 2 aliphatic carbocycles. The molecule has 2 heteroatoms. The van der Waals surface area contributed by atoms with Gasteiger partial charge in [-0.05, 0) is 63.2 Å². The summed E-state index contributed by atoms with van der Waals surface area (Å²) in [6.45, 7) is 0. The van der Waals surface area contributed by atoms with Gasteiger partial charge in [0, 0.05) is 0 Å². The smallest absolute Gasteiger partial charge is 0.0309 e. The topological polar surface area (TPSA) is 0 Å². The van der Waals surface area contributed by atoms with Crippen molar-refractivity contribution in [3.8, 4) is 0 Å². The number of rotatable bonds is 1. The molecule has 2 saturated carbocycles. The Labute approximate surface area is 121 Å². The van der Waals surface area contributed by atoms with Gasteiger partial charge in [-0.2, -0.15) is 0 Å². The van der Waals surface area contributed by atoms with E-state index in [0.717, 1.165) is 0 Å². The maximum absolute atomic E-state index is 2.12. The average molecular weight is 174 g/mol. The summed E-state index contributed by atoms with van der Waals surface area (Å²) in [6.07, 6.45) is 16.7. The molecule has 0 amide bonds. The van der Waals surface area contributed by atoms with Gasteiger partial charge in [0.2, 0.25) is 0 Å². The zero-order valence-corrected chi connectivity index (χ0v) is 11.6. The molecule has 0 nitrogen and oxygen atoms in total. The Balaban J connectivity index is 0.000000605. The first kappa shape index (κ1) is 14.0. The molecule has 2 rings (SSSR count). The largest absolute Gasteiger partial charge is 1.00 e. The van der Waals surface area contributed by atoms with Crippen molar-refractivity contribution in [2.45, 2.75) is 0 Å². The fraction of sp³-hybridized carbons (Fsp3) is 0. The van der Waals surface area contributed by atoms with Gasteiger partial charge in [-0.15, -0.1) is 0 Å². The molecule has 0 atom stereocenters. The molecule has 12 heavy (non-hydrogen) atoms. The van der Waals surface area contributed by atoms with Gasteiger partial charge in [0.1, 0.15) is 0 Å². The van der Waals surface area contributed by atoms with E-state index in [9.17, 15) is 0 Å². The van der Waals surface area contributed by atoms with Crippen LogP contribution in [0, 0.1) is 63.2 Å². The average Bonchev–Trinajstić information content (AvgIpc) is 2.59. The first-order valence-electron chi connectivity index (χ1n) is 3.40. The van der Waals surface area contributed by atoms with Gasteiger partial charge < -0.3 is 0 Å². The van der Waals surface area contributed by atoms with Gasteiger partial charge in [-0.3, -0.25) is 0 Å². The summed E-state index contributed by atoms with van der Waals surface area (Å²) in [5.41, 5.74) is 0. The molecule has 0 heterocycles. The van der Waals surface area contributed by atoms with Crippen LogP contribution in [0.2, 0.25) is 0 Å². The van der Waals surface area contributed by atoms with Crippen LogP contribution in [0.1, 0.15) is 0 Å². The van der Waals surface area contributed by atoms with Gasteiger partial charge in [0.15, 0.2) is 0 Å². The molecule has 0 saturated heterocycles. The normalized spacial score (nSPS) is 25.0. The Kier molecular flexibility index (Phi) is 8.53. The van der Waals surface area contributed by atoms with E-state index in [1.807, 2.05) is 0 Å². The van der Waals surface area contributed by atoms with Gasteiger partial charge in [-0.25, -0.2) is 0 Å². The second-order valence-corrected chi connectivity index (χ2v) is 2.35. The summed E-state index contributed by atoms with van der Waals surface area (Å²) in [7, 11) is 0. The maximum Gasteiger partial charge on any atom is 1.00 e. The molecule has 2 fully saturated rings. The fourth-order valence-electron chi connectivity index (χ4n) is 1.13. The van der Waals surface area contributed by atoms with Gasteiger partial charge in [0.25, 0.3) is 0 Å². The molecule has 10 radical (unpaired) electrons. The molecular formula is C10H8Na2+2. The summed E-state index contributed by atoms with van der Waals surface area (Å²) >= 11 is 0. The molecule has 0 aromatic carbocycles. The van der Waals surface area contributed by atoms with Crippen LogP contribution in [0.5, 0.6) is 0 Å². The third-order valence-corrected chi connectivity index (χ3v) is 1.66. The Morgan fingerprint density at radius 3 is 1.00 bits per heavy atom. The van der Waals surface area contributed by atoms with E-state index in [-0.39, 0.29) is 59.1 Å². The summed E-state index contributed by atoms with van der Waals surface area (Å²) in [6, 6.07) is 0. The molecule has 0 aromatic heterocycles.